The molecule has 0 aliphatic heterocycles. The Labute approximate surface area is 508 Å². The van der Waals surface area contributed by atoms with E-state index in [4.69, 9.17) is 0 Å². The lowest BCUT2D eigenvalue weighted by molar-refractivity contribution is 0.660. The van der Waals surface area contributed by atoms with Gasteiger partial charge >= 0.3 is 0 Å². The molecule has 20 rings (SSSR count). The third kappa shape index (κ3) is 6.42. The highest BCUT2D eigenvalue weighted by atomic mass is 15.0. The number of rotatable bonds is 5. The van der Waals surface area contributed by atoms with E-state index < -0.39 is 0 Å². The van der Waals surface area contributed by atoms with Crippen molar-refractivity contribution < 1.29 is 0 Å². The highest BCUT2D eigenvalue weighted by Crippen LogP contribution is 2.52. The molecule has 3 nitrogen and oxygen atoms in total. The Hall–Kier alpha value is -10.5. The molecule has 88 heavy (non-hydrogen) atoms. The summed E-state index contributed by atoms with van der Waals surface area (Å²) in [6.07, 6.45) is 0. The molecule has 1 aliphatic carbocycles. The van der Waals surface area contributed by atoms with Crippen LogP contribution in [0.5, 0.6) is 0 Å². The zero-order chi connectivity index (χ0) is 58.3. The fraction of sp³-hybridized carbons (Fsp3) is 0.106. The molecule has 0 fully saturated rings. The number of fused-ring (bicyclic) bond motifs is 22. The number of nitrogens with zero attached hydrogens (tertiary/aromatic N) is 3. The number of hydrogen-bond acceptors (Lipinski definition) is 0. The highest BCUT2D eigenvalue weighted by Gasteiger charge is 2.35. The Kier molecular flexibility index (Phi) is 9.38. The Bertz CT molecular complexity index is 6190. The van der Waals surface area contributed by atoms with Gasteiger partial charge in [-0.05, 0) is 214 Å². The van der Waals surface area contributed by atoms with Crippen molar-refractivity contribution >= 4 is 141 Å². The first-order chi connectivity index (χ1) is 43.0. The summed E-state index contributed by atoms with van der Waals surface area (Å²) in [4.78, 5) is 0. The largest absolute Gasteiger partial charge is 0.309 e. The van der Waals surface area contributed by atoms with Crippen molar-refractivity contribution in [2.24, 2.45) is 0 Å². The molecule has 0 amide bonds. The van der Waals surface area contributed by atoms with Gasteiger partial charge in [0, 0.05) is 65.0 Å². The molecule has 0 atom stereocenters. The Balaban J connectivity index is 0.769. The summed E-state index contributed by atoms with van der Waals surface area (Å²) in [6, 6.07) is 91.9. The molecule has 0 N–H and O–H groups in total. The molecule has 5 heterocycles. The lowest BCUT2D eigenvalue weighted by Gasteiger charge is -2.22. The fourth-order valence-corrected chi connectivity index (χ4v) is 16.5. The van der Waals surface area contributed by atoms with Crippen molar-refractivity contribution in [1.29, 1.82) is 0 Å². The van der Waals surface area contributed by atoms with Crippen LogP contribution >= 0.6 is 0 Å². The van der Waals surface area contributed by atoms with Gasteiger partial charge in [0.1, 0.15) is 0 Å². The van der Waals surface area contributed by atoms with Gasteiger partial charge in [0.05, 0.1) is 44.1 Å². The van der Waals surface area contributed by atoms with Crippen molar-refractivity contribution in [2.75, 3.05) is 0 Å². The van der Waals surface area contributed by atoms with Gasteiger partial charge in [-0.1, -0.05) is 175 Å². The SMILES string of the molecule is CC(C)c1ccc2cc3c(cc2c1)c1cc(-n2c4ccccc4c4cc(-c5ccc6cc7c8cc(-c9ccc%10c(c9)C(C)(C)c9ccccc9-%10)cc9c%10cc%11ccccc%11cc%10n(c7cc6c5)c98)ccc42)cc2c4cc5cc(C(C)C)ccc5cc4n3c12. The molecule has 0 saturated carbocycles. The van der Waals surface area contributed by atoms with Crippen LogP contribution in [-0.2, 0) is 5.41 Å². The van der Waals surface area contributed by atoms with E-state index in [2.05, 4.69) is 291 Å². The van der Waals surface area contributed by atoms with Crippen LogP contribution in [0.15, 0.2) is 237 Å². The minimum atomic E-state index is -0.0833. The predicted molar refractivity (Wildman–Crippen MR) is 377 cm³/mol. The number of hydrogen-bond donors (Lipinski definition) is 0. The molecule has 414 valence electrons. The molecule has 19 aromatic rings. The first kappa shape index (κ1) is 48.7. The maximum absolute atomic E-state index is 2.57. The zero-order valence-corrected chi connectivity index (χ0v) is 50.0. The second-order valence-corrected chi connectivity index (χ2v) is 26.9. The average molecular weight is 1120 g/mol. The third-order valence-corrected chi connectivity index (χ3v) is 21.1. The minimum Gasteiger partial charge on any atom is -0.309 e. The third-order valence-electron chi connectivity index (χ3n) is 21.1. The second kappa shape index (κ2) is 16.9. The Morgan fingerprint density at radius 2 is 0.693 bits per heavy atom. The molecule has 1 aliphatic rings. The normalized spacial score (nSPS) is 13.6. The number of aromatic nitrogens is 3. The van der Waals surface area contributed by atoms with Crippen LogP contribution in [0.25, 0.3) is 180 Å². The van der Waals surface area contributed by atoms with Crippen molar-refractivity contribution in [3.8, 4) is 39.1 Å². The first-order valence-electron chi connectivity index (χ1n) is 31.5. The van der Waals surface area contributed by atoms with E-state index in [1.807, 2.05) is 0 Å². The summed E-state index contributed by atoms with van der Waals surface area (Å²) >= 11 is 0. The maximum atomic E-state index is 2.57. The van der Waals surface area contributed by atoms with Gasteiger partial charge in [0.15, 0.2) is 0 Å². The van der Waals surface area contributed by atoms with Gasteiger partial charge in [-0.2, -0.15) is 0 Å². The van der Waals surface area contributed by atoms with E-state index in [9.17, 15) is 0 Å². The van der Waals surface area contributed by atoms with Crippen molar-refractivity contribution in [1.82, 2.24) is 13.4 Å². The molecule has 0 unspecified atom stereocenters. The summed E-state index contributed by atoms with van der Waals surface area (Å²) in [6.45, 7) is 13.9. The van der Waals surface area contributed by atoms with Crippen LogP contribution < -0.4 is 0 Å². The average Bonchev–Trinajstić information content (AvgIpc) is 1.55. The summed E-state index contributed by atoms with van der Waals surface area (Å²) in [5.74, 6) is 0.898. The van der Waals surface area contributed by atoms with Gasteiger partial charge < -0.3 is 13.4 Å². The smallest absolute Gasteiger partial charge is 0.0622 e. The number of benzene rings is 14. The molecule has 0 bridgehead atoms. The van der Waals surface area contributed by atoms with Crippen LogP contribution in [0, 0.1) is 0 Å². The van der Waals surface area contributed by atoms with Crippen LogP contribution in [-0.4, -0.2) is 13.4 Å². The summed E-state index contributed by atoms with van der Waals surface area (Å²) in [7, 11) is 0. The molecule has 0 spiro atoms. The van der Waals surface area contributed by atoms with Crippen LogP contribution in [0.4, 0.5) is 0 Å². The van der Waals surface area contributed by atoms with E-state index >= 15 is 0 Å². The predicted octanol–water partition coefficient (Wildman–Crippen LogP) is 23.6. The van der Waals surface area contributed by atoms with E-state index in [1.54, 1.807) is 0 Å². The van der Waals surface area contributed by atoms with E-state index in [-0.39, 0.29) is 5.41 Å². The number of para-hydroxylation sites is 1. The second-order valence-electron chi connectivity index (χ2n) is 26.9. The topological polar surface area (TPSA) is 13.8 Å². The maximum Gasteiger partial charge on any atom is 0.0622 e. The summed E-state index contributed by atoms with van der Waals surface area (Å²) in [5.41, 5.74) is 24.3. The lowest BCUT2D eigenvalue weighted by Crippen LogP contribution is -2.14. The van der Waals surface area contributed by atoms with Crippen molar-refractivity contribution in [3.05, 3.63) is 259 Å². The molecular weight excluding hydrogens is 1060 g/mol. The molecule has 14 aromatic carbocycles. The van der Waals surface area contributed by atoms with Crippen LogP contribution in [0.1, 0.15) is 75.6 Å². The first-order valence-corrected chi connectivity index (χ1v) is 31.5. The zero-order valence-electron chi connectivity index (χ0n) is 50.0. The highest BCUT2D eigenvalue weighted by molar-refractivity contribution is 6.29. The van der Waals surface area contributed by atoms with Gasteiger partial charge in [0.25, 0.3) is 0 Å². The summed E-state index contributed by atoms with van der Waals surface area (Å²) in [5, 5.41) is 22.9. The van der Waals surface area contributed by atoms with Crippen LogP contribution in [0.3, 0.4) is 0 Å². The van der Waals surface area contributed by atoms with Gasteiger partial charge in [-0.3, -0.25) is 0 Å². The minimum absolute atomic E-state index is 0.0833. The monoisotopic (exact) mass is 1120 g/mol. The molecule has 3 heteroatoms. The van der Waals surface area contributed by atoms with Crippen molar-refractivity contribution in [2.45, 2.75) is 58.8 Å². The van der Waals surface area contributed by atoms with Crippen LogP contribution in [0.2, 0.25) is 0 Å². The molecular formula is C85H59N3. The summed E-state index contributed by atoms with van der Waals surface area (Å²) < 4.78 is 7.66. The van der Waals surface area contributed by atoms with E-state index in [0.29, 0.717) is 11.8 Å². The molecule has 5 aromatic heterocycles. The molecule has 0 radical (unpaired) electrons. The Morgan fingerprint density at radius 1 is 0.273 bits per heavy atom. The molecule has 0 saturated heterocycles. The van der Waals surface area contributed by atoms with Gasteiger partial charge in [0.2, 0.25) is 0 Å². The fourth-order valence-electron chi connectivity index (χ4n) is 16.5. The lowest BCUT2D eigenvalue weighted by atomic mass is 9.81. The standard InChI is InChI=1S/C85H59N3/c1-46(2)48-19-21-56-41-80-69(35-58(56)29-48)73-44-62(45-74-70-36-59-30-49(47(3)4)20-22-57(59)42-81(70)87(80)84(73)74)86-77-18-12-10-16-65(77)66-33-53(26-28-78(66)86)52-23-24-54-34-68-72-38-61(55-25-27-64-63-15-9-11-17-75(63)85(5,6)76(64)39-55)37-71-67-32-50-13-7-8-14-51(50)40-79(67)88(83(71)72)82(68)43-60(54)31-52/h7-47H,1-6H3. The van der Waals surface area contributed by atoms with E-state index in [1.165, 1.54) is 202 Å². The quantitative estimate of drug-likeness (QED) is 0.163. The van der Waals surface area contributed by atoms with Crippen molar-refractivity contribution in [3.63, 3.8) is 0 Å². The van der Waals surface area contributed by atoms with E-state index in [0.717, 1.165) is 0 Å². The van der Waals surface area contributed by atoms with Gasteiger partial charge in [-0.15, -0.1) is 0 Å². The Morgan fingerprint density at radius 3 is 1.33 bits per heavy atom. The van der Waals surface area contributed by atoms with Gasteiger partial charge in [-0.25, -0.2) is 0 Å².